The number of carbonyl (C=O) groups is 2. The molecule has 2 aliphatic rings. The van der Waals surface area contributed by atoms with Gasteiger partial charge in [-0.05, 0) is 102 Å². The molecule has 2 saturated carbocycles. The lowest BCUT2D eigenvalue weighted by atomic mass is 9.78. The Labute approximate surface area is 229 Å². The van der Waals surface area contributed by atoms with E-state index in [9.17, 15) is 14.7 Å². The van der Waals surface area contributed by atoms with Crippen molar-refractivity contribution in [3.63, 3.8) is 0 Å². The molecule has 4 nitrogen and oxygen atoms in total. The van der Waals surface area contributed by atoms with Gasteiger partial charge in [0.05, 0.1) is 12.7 Å². The molecule has 0 radical (unpaired) electrons. The van der Waals surface area contributed by atoms with E-state index in [1.165, 1.54) is 36.0 Å². The number of Topliss-reactive ketones (excluding diaryl/α,β-unsaturated/α-hetero) is 1. The average molecular weight is 519 g/mol. The molecule has 2 aliphatic carbocycles. The molecule has 2 fully saturated rings. The lowest BCUT2D eigenvalue weighted by Gasteiger charge is -2.27. The molecule has 38 heavy (non-hydrogen) atoms. The predicted molar refractivity (Wildman–Crippen MR) is 157 cm³/mol. The summed E-state index contributed by atoms with van der Waals surface area (Å²) in [6.07, 6.45) is 11.7. The van der Waals surface area contributed by atoms with Gasteiger partial charge in [-0.3, -0.25) is 4.79 Å². The lowest BCUT2D eigenvalue weighted by molar-refractivity contribution is -0.120. The molecule has 0 heterocycles. The Morgan fingerprint density at radius 2 is 1.76 bits per heavy atom. The fourth-order valence-electron chi connectivity index (χ4n) is 6.25. The molecule has 0 spiro atoms. The van der Waals surface area contributed by atoms with Crippen molar-refractivity contribution in [1.82, 2.24) is 0 Å². The monoisotopic (exact) mass is 518 g/mol. The summed E-state index contributed by atoms with van der Waals surface area (Å²) in [4.78, 5) is 24.0. The van der Waals surface area contributed by atoms with Gasteiger partial charge >= 0.3 is 5.97 Å². The molecule has 0 amide bonds. The number of ether oxygens (including phenoxy) is 1. The van der Waals surface area contributed by atoms with E-state index in [1.54, 1.807) is 19.2 Å². The highest BCUT2D eigenvalue weighted by atomic mass is 16.5. The van der Waals surface area contributed by atoms with Crippen LogP contribution in [-0.4, -0.2) is 24.0 Å². The van der Waals surface area contributed by atoms with Crippen LogP contribution in [0.3, 0.4) is 0 Å². The first-order valence-electron chi connectivity index (χ1n) is 14.6. The van der Waals surface area contributed by atoms with Gasteiger partial charge < -0.3 is 9.84 Å². The van der Waals surface area contributed by atoms with Crippen molar-refractivity contribution >= 4 is 23.4 Å². The van der Waals surface area contributed by atoms with E-state index in [2.05, 4.69) is 25.1 Å². The zero-order chi connectivity index (χ0) is 27.9. The van der Waals surface area contributed by atoms with Gasteiger partial charge in [0.2, 0.25) is 0 Å². The fraction of sp³-hybridized carbons (Fsp3) is 0.529. The van der Waals surface area contributed by atoms with Gasteiger partial charge in [0.25, 0.3) is 0 Å². The molecule has 2 aromatic rings. The smallest absolute Gasteiger partial charge is 0.335 e. The summed E-state index contributed by atoms with van der Waals surface area (Å²) in [7, 11) is 1.70. The third-order valence-corrected chi connectivity index (χ3v) is 8.65. The molecule has 4 rings (SSSR count). The van der Waals surface area contributed by atoms with Gasteiger partial charge in [-0.15, -0.1) is 0 Å². The van der Waals surface area contributed by atoms with Crippen LogP contribution >= 0.6 is 0 Å². The average Bonchev–Trinajstić information content (AvgIpc) is 3.67. The minimum absolute atomic E-state index is 0.0477. The summed E-state index contributed by atoms with van der Waals surface area (Å²) < 4.78 is 5.61. The number of methoxy groups -OCH3 is 1. The minimum Gasteiger partial charge on any atom is -0.497 e. The summed E-state index contributed by atoms with van der Waals surface area (Å²) in [6.45, 7) is 10.2. The van der Waals surface area contributed by atoms with Crippen molar-refractivity contribution in [2.75, 3.05) is 7.11 Å². The number of aromatic carboxylic acids is 1. The fourth-order valence-corrected chi connectivity index (χ4v) is 6.25. The summed E-state index contributed by atoms with van der Waals surface area (Å²) in [5.74, 6) is 1.11. The second-order valence-electron chi connectivity index (χ2n) is 10.8. The Bertz CT molecular complexity index is 1160. The molecule has 0 aliphatic heterocycles. The van der Waals surface area contributed by atoms with Crippen molar-refractivity contribution in [2.24, 2.45) is 11.3 Å². The van der Waals surface area contributed by atoms with Crippen LogP contribution < -0.4 is 4.74 Å². The number of carboxylic acid groups (broad SMARTS) is 1. The van der Waals surface area contributed by atoms with Crippen molar-refractivity contribution in [3.8, 4) is 5.75 Å². The molecule has 0 bridgehead atoms. The Balaban J connectivity index is 0.00000195. The van der Waals surface area contributed by atoms with Crippen LogP contribution in [0.5, 0.6) is 5.75 Å². The van der Waals surface area contributed by atoms with E-state index >= 15 is 0 Å². The first-order valence-corrected chi connectivity index (χ1v) is 14.6. The van der Waals surface area contributed by atoms with E-state index < -0.39 is 5.97 Å². The number of carboxylic acids is 1. The van der Waals surface area contributed by atoms with Gasteiger partial charge in [-0.25, -0.2) is 4.79 Å². The number of benzene rings is 2. The topological polar surface area (TPSA) is 63.6 Å². The number of allylic oxidation sites excluding steroid dienone is 1. The third kappa shape index (κ3) is 6.57. The number of ketones is 1. The third-order valence-electron chi connectivity index (χ3n) is 8.65. The first-order chi connectivity index (χ1) is 18.3. The van der Waals surface area contributed by atoms with Crippen LogP contribution in [0.1, 0.15) is 124 Å². The maximum atomic E-state index is 12.4. The van der Waals surface area contributed by atoms with Crippen LogP contribution in [-0.2, 0) is 4.79 Å². The number of aryl methyl sites for hydroxylation is 1. The highest BCUT2D eigenvalue weighted by molar-refractivity contribution is 5.90. The van der Waals surface area contributed by atoms with Gasteiger partial charge in [0, 0.05) is 12.8 Å². The quantitative estimate of drug-likeness (QED) is 0.319. The number of carbonyl (C=O) groups excluding carboxylic acids is 1. The molecule has 2 aromatic carbocycles. The van der Waals surface area contributed by atoms with Crippen molar-refractivity contribution in [3.05, 3.63) is 64.2 Å². The highest BCUT2D eigenvalue weighted by Gasteiger charge is 2.54. The Morgan fingerprint density at radius 1 is 1.05 bits per heavy atom. The Morgan fingerprint density at radius 3 is 2.34 bits per heavy atom. The van der Waals surface area contributed by atoms with Crippen LogP contribution in [0, 0.1) is 18.3 Å². The van der Waals surface area contributed by atoms with E-state index in [0.717, 1.165) is 42.6 Å². The molecule has 2 unspecified atom stereocenters. The minimum atomic E-state index is -0.892. The summed E-state index contributed by atoms with van der Waals surface area (Å²) in [5.41, 5.74) is 6.30. The van der Waals surface area contributed by atoms with E-state index in [1.807, 2.05) is 39.8 Å². The van der Waals surface area contributed by atoms with Crippen LogP contribution in [0.4, 0.5) is 0 Å². The largest absolute Gasteiger partial charge is 0.497 e. The first kappa shape index (κ1) is 29.7. The molecule has 0 aromatic heterocycles. The molecular formula is C34H46O4. The van der Waals surface area contributed by atoms with E-state index in [4.69, 9.17) is 4.74 Å². The number of hydrogen-bond donors (Lipinski definition) is 1. The zero-order valence-corrected chi connectivity index (χ0v) is 24.2. The number of hydrogen-bond acceptors (Lipinski definition) is 3. The van der Waals surface area contributed by atoms with E-state index in [-0.39, 0.29) is 5.41 Å². The Kier molecular flexibility index (Phi) is 10.4. The molecule has 0 saturated heterocycles. The van der Waals surface area contributed by atoms with Gasteiger partial charge in [0.1, 0.15) is 11.5 Å². The number of rotatable bonds is 10. The van der Waals surface area contributed by atoms with Gasteiger partial charge in [0.15, 0.2) is 0 Å². The Hall–Kier alpha value is -2.88. The van der Waals surface area contributed by atoms with Crippen molar-refractivity contribution in [1.29, 1.82) is 0 Å². The lowest BCUT2D eigenvalue weighted by Crippen LogP contribution is -2.11. The predicted octanol–water partition coefficient (Wildman–Crippen LogP) is 9.10. The van der Waals surface area contributed by atoms with Crippen LogP contribution in [0.25, 0.3) is 11.6 Å². The molecular weight excluding hydrogens is 472 g/mol. The van der Waals surface area contributed by atoms with Gasteiger partial charge in [-0.1, -0.05) is 65.2 Å². The second kappa shape index (κ2) is 13.3. The molecule has 4 heteroatoms. The SMILES string of the molecule is CC.CCC(=O)CC1(CC)CC1c1cc(OC)ccc1/C=C(/c1ccc(C(=O)O)cc1C)C1CCCCC1. The van der Waals surface area contributed by atoms with E-state index in [0.29, 0.717) is 36.0 Å². The van der Waals surface area contributed by atoms with Crippen LogP contribution in [0.15, 0.2) is 36.4 Å². The zero-order valence-electron chi connectivity index (χ0n) is 24.2. The standard InChI is InChI=1S/C32H40O4.C2H6/c1-5-25(33)19-32(6-2)20-30(32)29-18-26(36-4)14-12-23(29)17-28(22-10-8-7-9-11-22)27-15-13-24(31(34)35)16-21(27)3;1-2/h12-18,22,30H,5-11,19-20H2,1-4H3,(H,34,35);1-2H3/b28-17+;. The second-order valence-corrected chi connectivity index (χ2v) is 10.8. The highest BCUT2D eigenvalue weighted by Crippen LogP contribution is 2.65. The van der Waals surface area contributed by atoms with Crippen LogP contribution in [0.2, 0.25) is 0 Å². The van der Waals surface area contributed by atoms with Gasteiger partial charge in [-0.2, -0.15) is 0 Å². The summed E-state index contributed by atoms with van der Waals surface area (Å²) in [6, 6.07) is 11.9. The molecule has 1 N–H and O–H groups in total. The maximum Gasteiger partial charge on any atom is 0.335 e. The molecule has 206 valence electrons. The normalized spacial score (nSPS) is 21.3. The molecule has 2 atom stereocenters. The summed E-state index contributed by atoms with van der Waals surface area (Å²) in [5, 5.41) is 9.48. The van der Waals surface area contributed by atoms with Crippen molar-refractivity contribution < 1.29 is 19.4 Å². The summed E-state index contributed by atoms with van der Waals surface area (Å²) >= 11 is 0. The van der Waals surface area contributed by atoms with Crippen molar-refractivity contribution in [2.45, 2.75) is 98.3 Å². The maximum absolute atomic E-state index is 12.4.